The number of rotatable bonds is 2. The Hall–Kier alpha value is -2.15. The third-order valence-corrected chi connectivity index (χ3v) is 7.86. The number of pyridine rings is 1. The lowest BCUT2D eigenvalue weighted by Crippen LogP contribution is -2.48. The Morgan fingerprint density at radius 2 is 1.43 bits per heavy atom. The second kappa shape index (κ2) is 5.92. The van der Waals surface area contributed by atoms with Crippen LogP contribution in [0.1, 0.15) is 55.2 Å². The molecule has 0 atom stereocenters. The summed E-state index contributed by atoms with van der Waals surface area (Å²) in [5, 5.41) is 1.40. The quantitative estimate of drug-likeness (QED) is 0.476. The Labute approximate surface area is 168 Å². The molecular weight excluding hydrogens is 338 g/mol. The first-order valence-corrected chi connectivity index (χ1v) is 11.1. The highest BCUT2D eigenvalue weighted by molar-refractivity contribution is 5.86. The maximum absolute atomic E-state index is 5.12. The molecule has 0 spiro atoms. The summed E-state index contributed by atoms with van der Waals surface area (Å²) in [6.07, 6.45) is 8.74. The van der Waals surface area contributed by atoms with Crippen LogP contribution in [0.5, 0.6) is 0 Å². The van der Waals surface area contributed by atoms with Gasteiger partial charge in [0.05, 0.1) is 11.2 Å². The van der Waals surface area contributed by atoms with Crippen molar-refractivity contribution in [1.29, 1.82) is 0 Å². The smallest absolute Gasteiger partial charge is 0.0712 e. The van der Waals surface area contributed by atoms with E-state index in [-0.39, 0.29) is 0 Å². The summed E-state index contributed by atoms with van der Waals surface area (Å²) < 4.78 is 0. The van der Waals surface area contributed by atoms with Crippen LogP contribution in [0.15, 0.2) is 48.5 Å². The molecule has 0 unspecified atom stereocenters. The SMILES string of the molecule is Cc1cc(C)cc(-c2ccc3c(C45CC6CC(CC(C6)C4)C5)cccc3n2)c1. The van der Waals surface area contributed by atoms with Crippen molar-refractivity contribution < 1.29 is 0 Å². The standard InChI is InChI=1S/C27H29N/c1-17-8-18(2)10-22(9-17)25-7-6-23-24(4-3-5-26(23)28-25)27-14-19-11-20(15-27)13-21(12-19)16-27/h3-10,19-21H,11-16H2,1-2H3. The van der Waals surface area contributed by atoms with Crippen molar-refractivity contribution in [3.8, 4) is 11.3 Å². The second-order valence-corrected chi connectivity index (χ2v) is 10.1. The zero-order valence-electron chi connectivity index (χ0n) is 17.0. The fraction of sp³-hybridized carbons (Fsp3) is 0.444. The van der Waals surface area contributed by atoms with Crippen molar-refractivity contribution in [3.63, 3.8) is 0 Å². The number of hydrogen-bond acceptors (Lipinski definition) is 1. The Morgan fingerprint density at radius 1 is 0.786 bits per heavy atom. The fourth-order valence-corrected chi connectivity index (χ4v) is 7.34. The Kier molecular flexibility index (Phi) is 3.55. The van der Waals surface area contributed by atoms with E-state index < -0.39 is 0 Å². The van der Waals surface area contributed by atoms with Gasteiger partial charge in [-0.25, -0.2) is 4.98 Å². The first-order chi connectivity index (χ1) is 13.6. The Morgan fingerprint density at radius 3 is 2.07 bits per heavy atom. The van der Waals surface area contributed by atoms with E-state index in [0.29, 0.717) is 5.41 Å². The Bertz CT molecular complexity index is 1020. The van der Waals surface area contributed by atoms with E-state index in [4.69, 9.17) is 4.98 Å². The summed E-state index contributed by atoms with van der Waals surface area (Å²) in [5.74, 6) is 2.93. The van der Waals surface area contributed by atoms with E-state index in [1.807, 2.05) is 0 Å². The summed E-state index contributed by atoms with van der Waals surface area (Å²) in [5.41, 5.74) is 8.14. The number of fused-ring (bicyclic) bond motifs is 1. The lowest BCUT2D eigenvalue weighted by Gasteiger charge is -2.57. The molecular formula is C27H29N. The molecule has 4 fully saturated rings. The van der Waals surface area contributed by atoms with Gasteiger partial charge in [-0.3, -0.25) is 0 Å². The largest absolute Gasteiger partial charge is 0.248 e. The van der Waals surface area contributed by atoms with E-state index in [1.54, 1.807) is 5.56 Å². The molecule has 1 nitrogen and oxygen atoms in total. The van der Waals surface area contributed by atoms with E-state index in [9.17, 15) is 0 Å². The van der Waals surface area contributed by atoms with Gasteiger partial charge in [-0.05, 0) is 105 Å². The van der Waals surface area contributed by atoms with Gasteiger partial charge in [0.1, 0.15) is 0 Å². The molecule has 1 heterocycles. The maximum Gasteiger partial charge on any atom is 0.0712 e. The molecule has 7 rings (SSSR count). The van der Waals surface area contributed by atoms with Crippen LogP contribution >= 0.6 is 0 Å². The predicted molar refractivity (Wildman–Crippen MR) is 117 cm³/mol. The average Bonchev–Trinajstić information content (AvgIpc) is 2.65. The van der Waals surface area contributed by atoms with Gasteiger partial charge in [-0.15, -0.1) is 0 Å². The van der Waals surface area contributed by atoms with Crippen molar-refractivity contribution in [2.24, 2.45) is 17.8 Å². The molecule has 2 aromatic carbocycles. The molecule has 28 heavy (non-hydrogen) atoms. The van der Waals surface area contributed by atoms with Crippen molar-refractivity contribution in [2.45, 2.75) is 57.8 Å². The predicted octanol–water partition coefficient (Wildman–Crippen LogP) is 6.99. The molecule has 4 bridgehead atoms. The molecule has 0 saturated heterocycles. The van der Waals surface area contributed by atoms with Crippen LogP contribution in [0.25, 0.3) is 22.2 Å². The first kappa shape index (κ1) is 16.8. The van der Waals surface area contributed by atoms with Gasteiger partial charge in [-0.2, -0.15) is 0 Å². The number of nitrogens with zero attached hydrogens (tertiary/aromatic N) is 1. The molecule has 1 heteroatoms. The van der Waals surface area contributed by atoms with Gasteiger partial charge >= 0.3 is 0 Å². The van der Waals surface area contributed by atoms with Gasteiger partial charge in [0.25, 0.3) is 0 Å². The van der Waals surface area contributed by atoms with Gasteiger partial charge in [0.15, 0.2) is 0 Å². The highest BCUT2D eigenvalue weighted by atomic mass is 14.7. The van der Waals surface area contributed by atoms with Crippen LogP contribution in [0.4, 0.5) is 0 Å². The average molecular weight is 368 g/mol. The summed E-state index contributed by atoms with van der Waals surface area (Å²) in [7, 11) is 0. The highest BCUT2D eigenvalue weighted by Gasteiger charge is 2.51. The molecule has 3 aromatic rings. The van der Waals surface area contributed by atoms with Crippen LogP contribution < -0.4 is 0 Å². The summed E-state index contributed by atoms with van der Waals surface area (Å²) in [6.45, 7) is 4.34. The highest BCUT2D eigenvalue weighted by Crippen LogP contribution is 2.61. The first-order valence-electron chi connectivity index (χ1n) is 11.1. The topological polar surface area (TPSA) is 12.9 Å². The van der Waals surface area contributed by atoms with Crippen LogP contribution in [0, 0.1) is 31.6 Å². The normalized spacial score (nSPS) is 30.9. The molecule has 142 valence electrons. The zero-order chi connectivity index (χ0) is 18.9. The summed E-state index contributed by atoms with van der Waals surface area (Å²) >= 11 is 0. The van der Waals surface area contributed by atoms with Gasteiger partial charge in [0.2, 0.25) is 0 Å². The van der Waals surface area contributed by atoms with E-state index in [1.165, 1.54) is 66.1 Å². The van der Waals surface area contributed by atoms with Gasteiger partial charge in [0, 0.05) is 10.9 Å². The number of aromatic nitrogens is 1. The lowest BCUT2D eigenvalue weighted by atomic mass is 9.48. The monoisotopic (exact) mass is 367 g/mol. The number of hydrogen-bond donors (Lipinski definition) is 0. The molecule has 0 aliphatic heterocycles. The molecule has 0 radical (unpaired) electrons. The molecule has 4 aliphatic rings. The third kappa shape index (κ3) is 2.55. The Balaban J connectivity index is 1.47. The lowest BCUT2D eigenvalue weighted by molar-refractivity contribution is -0.00450. The van der Waals surface area contributed by atoms with Gasteiger partial charge < -0.3 is 0 Å². The molecule has 1 aromatic heterocycles. The van der Waals surface area contributed by atoms with E-state index in [0.717, 1.165) is 23.4 Å². The summed E-state index contributed by atoms with van der Waals surface area (Å²) in [6, 6.07) is 18.3. The minimum absolute atomic E-state index is 0.428. The van der Waals surface area contributed by atoms with Gasteiger partial charge in [-0.1, -0.05) is 35.4 Å². The third-order valence-electron chi connectivity index (χ3n) is 7.86. The van der Waals surface area contributed by atoms with Crippen molar-refractivity contribution in [1.82, 2.24) is 4.98 Å². The second-order valence-electron chi connectivity index (χ2n) is 10.1. The van der Waals surface area contributed by atoms with Crippen molar-refractivity contribution >= 4 is 10.9 Å². The fourth-order valence-electron chi connectivity index (χ4n) is 7.34. The van der Waals surface area contributed by atoms with Crippen LogP contribution in [0.3, 0.4) is 0 Å². The summed E-state index contributed by atoms with van der Waals surface area (Å²) in [4.78, 5) is 5.12. The molecule has 0 N–H and O–H groups in total. The van der Waals surface area contributed by atoms with Crippen LogP contribution in [0.2, 0.25) is 0 Å². The maximum atomic E-state index is 5.12. The minimum atomic E-state index is 0.428. The molecule has 4 aliphatic carbocycles. The number of aryl methyl sites for hydroxylation is 2. The van der Waals surface area contributed by atoms with Crippen LogP contribution in [-0.2, 0) is 5.41 Å². The molecule has 4 saturated carbocycles. The van der Waals surface area contributed by atoms with Crippen LogP contribution in [-0.4, -0.2) is 4.98 Å². The van der Waals surface area contributed by atoms with E-state index >= 15 is 0 Å². The number of benzene rings is 2. The van der Waals surface area contributed by atoms with Crippen molar-refractivity contribution in [3.05, 3.63) is 65.2 Å². The zero-order valence-corrected chi connectivity index (χ0v) is 17.0. The minimum Gasteiger partial charge on any atom is -0.248 e. The van der Waals surface area contributed by atoms with Crippen molar-refractivity contribution in [2.75, 3.05) is 0 Å². The van der Waals surface area contributed by atoms with E-state index in [2.05, 4.69) is 62.4 Å². The molecule has 0 amide bonds.